The van der Waals surface area contributed by atoms with Gasteiger partial charge in [0.15, 0.2) is 103 Å². The summed E-state index contributed by atoms with van der Waals surface area (Å²) in [6.07, 6.45) is -4.58. The van der Waals surface area contributed by atoms with Gasteiger partial charge in [0.1, 0.15) is 33.1 Å². The van der Waals surface area contributed by atoms with E-state index in [-0.39, 0.29) is 150 Å². The highest BCUT2D eigenvalue weighted by Gasteiger charge is 2.40. The fourth-order valence-electron chi connectivity index (χ4n) is 15.8. The van der Waals surface area contributed by atoms with Crippen LogP contribution in [0.4, 0.5) is 61.5 Å². The summed E-state index contributed by atoms with van der Waals surface area (Å²) < 4.78 is 329. The largest absolute Gasteiger partial charge is 0.417 e. The predicted molar refractivity (Wildman–Crippen MR) is 517 cm³/mol. The fraction of sp³-hybridized carbons (Fsp3) is 0.286. The Hall–Kier alpha value is -14.1. The zero-order valence-corrected chi connectivity index (χ0v) is 85.0. The van der Waals surface area contributed by atoms with Crippen molar-refractivity contribution in [1.29, 1.82) is 0 Å². The van der Waals surface area contributed by atoms with Crippen LogP contribution in [0.1, 0.15) is 101 Å². The van der Waals surface area contributed by atoms with Gasteiger partial charge in [-0.25, -0.2) is 127 Å². The Balaban J connectivity index is 0.000000131. The Morgan fingerprint density at radius 3 is 0.898 bits per heavy atom. The number of benzene rings is 5. The van der Waals surface area contributed by atoms with Crippen LogP contribution in [0.25, 0.3) is 140 Å². The fourth-order valence-corrected chi connectivity index (χ4v) is 21.9. The first kappa shape index (κ1) is 106. The molecule has 0 unspecified atom stereocenters. The van der Waals surface area contributed by atoms with Gasteiger partial charge >= 0.3 is 12.4 Å². The van der Waals surface area contributed by atoms with Crippen molar-refractivity contribution in [2.45, 2.75) is 130 Å². The summed E-state index contributed by atoms with van der Waals surface area (Å²) in [5, 5.41) is 23.6. The topological polar surface area (TPSA) is 413 Å². The van der Waals surface area contributed by atoms with Crippen LogP contribution in [0.2, 0.25) is 10.0 Å². The number of hydrogen-bond donors (Lipinski definition) is 0. The molecular formula is C91H81Cl2F14N25O10S5. The molecule has 15 aromatic heterocycles. The molecule has 56 heteroatoms. The van der Waals surface area contributed by atoms with E-state index in [1.54, 1.807) is 114 Å². The lowest BCUT2D eigenvalue weighted by molar-refractivity contribution is -0.138. The Morgan fingerprint density at radius 1 is 0.279 bits per heavy atom. The first-order valence-corrected chi connectivity index (χ1v) is 52.8. The molecule has 0 saturated carbocycles. The van der Waals surface area contributed by atoms with Crippen molar-refractivity contribution < 1.29 is 104 Å². The monoisotopic (exact) mass is 2180 g/mol. The highest BCUT2D eigenvalue weighted by atomic mass is 35.5. The predicted octanol–water partition coefficient (Wildman–Crippen LogP) is 18.6. The molecule has 35 nitrogen and oxygen atoms in total. The molecule has 0 bridgehead atoms. The maximum absolute atomic E-state index is 13.9. The van der Waals surface area contributed by atoms with Gasteiger partial charge < -0.3 is 0 Å². The van der Waals surface area contributed by atoms with Gasteiger partial charge in [0.05, 0.1) is 67.0 Å². The SMILES string of the molecule is CCS(=O)(=O)c1c2cc(C(C)(F)F)ccc2nn1-c1nc2cc(C(F)(F)F)cnc2n1C.CCS(=O)(=O)c1c2cc(C)ccc2nn1-c1nc2cc(C(F)(F)F)cnc2n1C.CCS(=O)(=O)c1c2ccc(Cl)cc2nn1-c1nc2cc(C(C)(F)F)cnc2n1C.CCS(=O)(=O)c1c2cccc(Cl)c2nn1-c1nc2cc(C(C)(F)F)cnc2n1C.CCS(=O)(=O)c1c2ccccc2nn1-c1nc2cc(C(C)(F)F)cnc2n1C. The lowest BCUT2D eigenvalue weighted by atomic mass is 10.1. The van der Waals surface area contributed by atoms with Gasteiger partial charge in [0.2, 0.25) is 29.7 Å². The number of aryl methyl sites for hydroxylation is 6. The lowest BCUT2D eigenvalue weighted by Gasteiger charge is -2.10. The van der Waals surface area contributed by atoms with Gasteiger partial charge in [-0.1, -0.05) is 93.7 Å². The number of rotatable bonds is 19. The van der Waals surface area contributed by atoms with E-state index in [1.165, 1.54) is 95.9 Å². The van der Waals surface area contributed by atoms with Gasteiger partial charge in [0, 0.05) is 148 Å². The number of fused-ring (bicyclic) bond motifs is 10. The van der Waals surface area contributed by atoms with Gasteiger partial charge in [0.25, 0.3) is 23.7 Å². The molecule has 0 fully saturated rings. The molecule has 0 saturated heterocycles. The summed E-state index contributed by atoms with van der Waals surface area (Å²) in [4.78, 5) is 41.3. The Labute approximate surface area is 834 Å². The number of halogens is 16. The normalized spacial score (nSPS) is 13.0. The maximum Gasteiger partial charge on any atom is 0.417 e. The van der Waals surface area contributed by atoms with Crippen LogP contribution in [0.15, 0.2) is 184 Å². The molecule has 20 aromatic rings. The lowest BCUT2D eigenvalue weighted by Crippen LogP contribution is -2.14. The molecular weight excluding hydrogens is 2100 g/mol. The van der Waals surface area contributed by atoms with Crippen molar-refractivity contribution in [3.63, 3.8) is 0 Å². The third-order valence-corrected chi connectivity index (χ3v) is 32.8. The minimum absolute atomic E-state index is 0.00657. The summed E-state index contributed by atoms with van der Waals surface area (Å²) in [6, 6.07) is 30.5. The molecule has 0 N–H and O–H groups in total. The van der Waals surface area contributed by atoms with Gasteiger partial charge in [-0.05, 0) is 104 Å². The van der Waals surface area contributed by atoms with E-state index in [4.69, 9.17) is 23.2 Å². The van der Waals surface area contributed by atoms with Crippen molar-refractivity contribution in [2.24, 2.45) is 35.2 Å². The molecule has 0 atom stereocenters. The van der Waals surface area contributed by atoms with Crippen LogP contribution < -0.4 is 0 Å². The van der Waals surface area contributed by atoms with Crippen molar-refractivity contribution in [3.05, 3.63) is 207 Å². The van der Waals surface area contributed by atoms with Crippen LogP contribution in [0, 0.1) is 6.92 Å². The molecule has 0 aliphatic carbocycles. The Bertz CT molecular complexity index is 9250. The smallest absolute Gasteiger partial charge is 0.296 e. The van der Waals surface area contributed by atoms with E-state index in [2.05, 4.69) is 75.3 Å². The van der Waals surface area contributed by atoms with Crippen molar-refractivity contribution in [1.82, 2.24) is 122 Å². The second-order valence-corrected chi connectivity index (χ2v) is 45.7. The second-order valence-electron chi connectivity index (χ2n) is 33.9. The van der Waals surface area contributed by atoms with E-state index in [1.807, 2.05) is 6.92 Å². The van der Waals surface area contributed by atoms with Gasteiger partial charge in [-0.15, -0.1) is 0 Å². The standard InChI is InChI=1S/C19H16F5N5O2S.2C18H16ClF2N5O2S.C18H16F3N5O2S.C18H17F2N5O2S/c1-4-32(30,31)16-12-7-10(18(2,20)21)5-6-13(12)27-29(16)17-26-14-8-11(19(22,23)24)9-25-15(14)28(17)3;1-4-29(27,28)16-12-6-5-11(19)8-13(12)24-26(16)17-23-14-7-10(18(2,20)21)9-22-15(14)25(17)3;1-4-29(27,28)16-11-6-5-7-12(19)14(11)24-26(16)17-23-13-8-10(18(2,20)21)9-22-15(13)25(17)3;1-4-29(27,28)16-12-7-10(2)5-6-13(12)24-26(16)17-23-14-8-11(18(19,20)21)9-22-15(14)25(17)3;1-4-28(26,27)16-12-7-5-6-8-13(12)23-25(16)17-22-14-9-11(18(2,19)20)10-21-15(14)24(17)3/h5-9H,4H2,1-3H3;3*5-9H,4H2,1-3H3;5-10H,4H2,1-3H3. The second kappa shape index (κ2) is 37.7. The number of hydrogen-bond acceptors (Lipinski definition) is 25. The Morgan fingerprint density at radius 2 is 0.558 bits per heavy atom. The van der Waals surface area contributed by atoms with Crippen LogP contribution >= 0.6 is 23.2 Å². The number of imidazole rings is 5. The van der Waals surface area contributed by atoms with Gasteiger partial charge in [-0.3, -0.25) is 22.8 Å². The van der Waals surface area contributed by atoms with Gasteiger partial charge in [-0.2, -0.15) is 75.2 Å². The molecule has 147 heavy (non-hydrogen) atoms. The van der Waals surface area contributed by atoms with Crippen LogP contribution in [-0.4, -0.2) is 192 Å². The first-order valence-electron chi connectivity index (χ1n) is 43.8. The average molecular weight is 2180 g/mol. The molecule has 20 rings (SSSR count). The summed E-state index contributed by atoms with van der Waals surface area (Å²) in [6.45, 7) is 12.3. The van der Waals surface area contributed by atoms with Crippen molar-refractivity contribution in [3.8, 4) is 29.7 Å². The Kier molecular flexibility index (Phi) is 27.1. The van der Waals surface area contributed by atoms with Crippen molar-refractivity contribution in [2.75, 3.05) is 28.8 Å². The first-order chi connectivity index (χ1) is 68.5. The maximum atomic E-state index is 13.9. The third-order valence-electron chi connectivity index (χ3n) is 23.6. The van der Waals surface area contributed by atoms with Crippen LogP contribution in [-0.2, 0) is 120 Å². The van der Waals surface area contributed by atoms with E-state index < -0.39 is 102 Å². The zero-order valence-electron chi connectivity index (χ0n) is 79.4. The van der Waals surface area contributed by atoms with E-state index in [0.717, 1.165) is 84.8 Å². The zero-order chi connectivity index (χ0) is 107. The third kappa shape index (κ3) is 19.7. The van der Waals surface area contributed by atoms with Crippen LogP contribution in [0.5, 0.6) is 0 Å². The van der Waals surface area contributed by atoms with Crippen molar-refractivity contribution >= 4 is 183 Å². The average Bonchev–Trinajstić information content (AvgIpc) is 1.60. The van der Waals surface area contributed by atoms with Crippen LogP contribution in [0.3, 0.4) is 0 Å². The molecule has 15 heterocycles. The summed E-state index contributed by atoms with van der Waals surface area (Å²) >= 11 is 12.2. The molecule has 0 amide bonds. The quantitative estimate of drug-likeness (QED) is 0.0678. The molecule has 772 valence electrons. The minimum atomic E-state index is -4.64. The minimum Gasteiger partial charge on any atom is -0.296 e. The highest BCUT2D eigenvalue weighted by molar-refractivity contribution is 7.92. The number of sulfone groups is 5. The molecule has 0 radical (unpaired) electrons. The summed E-state index contributed by atoms with van der Waals surface area (Å²) in [5.41, 5.74) is 1.14. The highest BCUT2D eigenvalue weighted by Crippen LogP contribution is 2.42. The van der Waals surface area contributed by atoms with E-state index >= 15 is 0 Å². The van der Waals surface area contributed by atoms with E-state index in [9.17, 15) is 104 Å². The number of pyridine rings is 5. The number of alkyl halides is 14. The number of aromatic nitrogens is 25. The molecule has 0 aliphatic heterocycles. The number of nitrogens with zero attached hydrogens (tertiary/aromatic N) is 25. The van der Waals surface area contributed by atoms with E-state index in [0.29, 0.717) is 83.7 Å². The molecule has 0 spiro atoms. The summed E-state index contributed by atoms with van der Waals surface area (Å²) in [5.74, 6) is -13.0. The molecule has 5 aromatic carbocycles. The summed E-state index contributed by atoms with van der Waals surface area (Å²) in [7, 11) is -10.9. The molecule has 0 aliphatic rings.